The Morgan fingerprint density at radius 2 is 1.63 bits per heavy atom. The van der Waals surface area contributed by atoms with Crippen molar-refractivity contribution in [1.82, 2.24) is 15.0 Å². The lowest BCUT2D eigenvalue weighted by molar-refractivity contribution is 0.0698. The Morgan fingerprint density at radius 3 is 2.20 bits per heavy atom. The fourth-order valence-corrected chi connectivity index (χ4v) is 4.31. The molecule has 0 aliphatic heterocycles. The maximum atomic E-state index is 11.9. The van der Waals surface area contributed by atoms with Crippen molar-refractivity contribution in [2.45, 2.75) is 0 Å². The number of aromatic amines is 1. The van der Waals surface area contributed by atoms with E-state index < -0.39 is 17.4 Å². The average molecular weight is 515 g/mol. The third-order valence-corrected chi connectivity index (χ3v) is 5.96. The Bertz CT molecular complexity index is 1560. The summed E-state index contributed by atoms with van der Waals surface area (Å²) in [5, 5.41) is 9.96. The average Bonchev–Trinajstić information content (AvgIpc) is 2.83. The minimum absolute atomic E-state index is 0.0396. The van der Waals surface area contributed by atoms with Gasteiger partial charge in [-0.2, -0.15) is 0 Å². The molecular weight excluding hydrogens is 499 g/mol. The molecule has 0 aliphatic carbocycles. The number of primary amides is 1. The van der Waals surface area contributed by atoms with E-state index in [1.54, 1.807) is 0 Å². The van der Waals surface area contributed by atoms with Gasteiger partial charge in [0.2, 0.25) is 5.56 Å². The standard InChI is InChI=1S/C23H16Cl2N4O6/c1-34-13-7-14(35-2)18(25)16(17(13)24)10-3-4-11(23(32)33)19-20(10)28-12(8-27-19)9-5-6-15(30)29-21(9)22(26)31/h3-8H,1-2H3,(H2,26,31)(H,29,30)(H,32,33). The molecule has 178 valence electrons. The second kappa shape index (κ2) is 9.24. The number of fused-ring (bicyclic) bond motifs is 1. The van der Waals surface area contributed by atoms with Crippen LogP contribution in [0.2, 0.25) is 10.0 Å². The number of nitrogens with two attached hydrogens (primary N) is 1. The SMILES string of the molecule is COc1cc(OC)c(Cl)c(-c2ccc(C(=O)O)c3ncc(-c4ccc(=O)[nH]c4C(N)=O)nc23)c1Cl. The number of nitrogens with one attached hydrogen (secondary N) is 1. The number of hydrogen-bond donors (Lipinski definition) is 3. The lowest BCUT2D eigenvalue weighted by atomic mass is 9.99. The van der Waals surface area contributed by atoms with Crippen LogP contribution in [0.5, 0.6) is 11.5 Å². The third kappa shape index (κ3) is 4.13. The van der Waals surface area contributed by atoms with E-state index >= 15 is 0 Å². The second-order valence-electron chi connectivity index (χ2n) is 7.18. The van der Waals surface area contributed by atoms with E-state index in [1.807, 2.05) is 0 Å². The number of nitrogens with zero attached hydrogens (tertiary/aromatic N) is 2. The summed E-state index contributed by atoms with van der Waals surface area (Å²) in [5.74, 6) is -1.59. The first kappa shape index (κ1) is 24.0. The van der Waals surface area contributed by atoms with E-state index in [0.717, 1.165) is 0 Å². The van der Waals surface area contributed by atoms with Crippen molar-refractivity contribution >= 4 is 46.1 Å². The van der Waals surface area contributed by atoms with E-state index in [0.29, 0.717) is 5.56 Å². The van der Waals surface area contributed by atoms with Crippen molar-refractivity contribution in [1.29, 1.82) is 0 Å². The molecular formula is C23H16Cl2N4O6. The largest absolute Gasteiger partial charge is 0.495 e. The minimum atomic E-state index is -1.23. The van der Waals surface area contributed by atoms with Gasteiger partial charge in [0.05, 0.1) is 47.2 Å². The summed E-state index contributed by atoms with van der Waals surface area (Å²) in [6, 6.07) is 6.91. The summed E-state index contributed by atoms with van der Waals surface area (Å²) in [5.41, 5.74) is 5.68. The number of pyridine rings is 1. The van der Waals surface area contributed by atoms with E-state index in [1.165, 1.54) is 50.7 Å². The number of amides is 1. The number of hydrogen-bond acceptors (Lipinski definition) is 7. The van der Waals surface area contributed by atoms with Gasteiger partial charge in [-0.1, -0.05) is 29.3 Å². The van der Waals surface area contributed by atoms with Gasteiger partial charge in [-0.25, -0.2) is 9.78 Å². The molecule has 4 aromatic rings. The Labute approximate surface area is 207 Å². The highest BCUT2D eigenvalue weighted by Crippen LogP contribution is 2.47. The van der Waals surface area contributed by atoms with Gasteiger partial charge in [0.15, 0.2) is 0 Å². The van der Waals surface area contributed by atoms with Crippen LogP contribution in [0.25, 0.3) is 33.4 Å². The van der Waals surface area contributed by atoms with Crippen molar-refractivity contribution in [2.24, 2.45) is 5.73 Å². The number of carboxylic acid groups (broad SMARTS) is 1. The highest BCUT2D eigenvalue weighted by Gasteiger charge is 2.24. The van der Waals surface area contributed by atoms with Crippen molar-refractivity contribution in [3.05, 3.63) is 68.2 Å². The van der Waals surface area contributed by atoms with Crippen LogP contribution >= 0.6 is 23.2 Å². The number of rotatable bonds is 6. The zero-order valence-corrected chi connectivity index (χ0v) is 19.7. The van der Waals surface area contributed by atoms with E-state index in [9.17, 15) is 19.5 Å². The molecule has 2 heterocycles. The summed E-state index contributed by atoms with van der Waals surface area (Å²) in [7, 11) is 2.84. The topological polar surface area (TPSA) is 157 Å². The molecule has 0 spiro atoms. The van der Waals surface area contributed by atoms with Crippen LogP contribution in [0.3, 0.4) is 0 Å². The van der Waals surface area contributed by atoms with Gasteiger partial charge in [0.25, 0.3) is 5.91 Å². The fourth-order valence-electron chi connectivity index (χ4n) is 3.61. The molecule has 0 unspecified atom stereocenters. The van der Waals surface area contributed by atoms with Gasteiger partial charge in [-0.15, -0.1) is 0 Å². The molecule has 2 aromatic heterocycles. The number of carboxylic acids is 1. The fraction of sp³-hybridized carbons (Fsp3) is 0.0870. The molecule has 0 fully saturated rings. The lowest BCUT2D eigenvalue weighted by Gasteiger charge is -2.17. The van der Waals surface area contributed by atoms with Crippen LogP contribution < -0.4 is 20.8 Å². The van der Waals surface area contributed by atoms with Gasteiger partial charge in [-0.3, -0.25) is 14.6 Å². The number of H-pyrrole nitrogens is 1. The number of halogens is 2. The van der Waals surface area contributed by atoms with Gasteiger partial charge >= 0.3 is 5.97 Å². The van der Waals surface area contributed by atoms with Crippen LogP contribution in [-0.4, -0.2) is 46.2 Å². The number of ether oxygens (including phenoxy) is 2. The first-order valence-corrected chi connectivity index (χ1v) is 10.6. The number of carbonyl (C=O) groups excluding carboxylic acids is 1. The van der Waals surface area contributed by atoms with Crippen molar-refractivity contribution in [3.63, 3.8) is 0 Å². The molecule has 10 nitrogen and oxygen atoms in total. The highest BCUT2D eigenvalue weighted by atomic mass is 35.5. The highest BCUT2D eigenvalue weighted by molar-refractivity contribution is 6.41. The summed E-state index contributed by atoms with van der Waals surface area (Å²) in [6.45, 7) is 0. The Morgan fingerprint density at radius 1 is 1.00 bits per heavy atom. The molecule has 0 atom stereocenters. The predicted octanol–water partition coefficient (Wildman–Crippen LogP) is 3.77. The molecule has 12 heteroatoms. The normalized spacial score (nSPS) is 10.9. The molecule has 35 heavy (non-hydrogen) atoms. The van der Waals surface area contributed by atoms with Crippen LogP contribution in [0.4, 0.5) is 0 Å². The van der Waals surface area contributed by atoms with Crippen molar-refractivity contribution in [3.8, 4) is 33.9 Å². The van der Waals surface area contributed by atoms with E-state index in [4.69, 9.17) is 38.4 Å². The maximum Gasteiger partial charge on any atom is 0.337 e. The predicted molar refractivity (Wildman–Crippen MR) is 130 cm³/mol. The minimum Gasteiger partial charge on any atom is -0.495 e. The van der Waals surface area contributed by atoms with Crippen LogP contribution in [-0.2, 0) is 0 Å². The molecule has 0 saturated heterocycles. The van der Waals surface area contributed by atoms with Gasteiger partial charge < -0.3 is 25.3 Å². The summed E-state index contributed by atoms with van der Waals surface area (Å²) in [6.07, 6.45) is 1.27. The molecule has 4 N–H and O–H groups in total. The van der Waals surface area contributed by atoms with Crippen LogP contribution in [0.1, 0.15) is 20.8 Å². The second-order valence-corrected chi connectivity index (χ2v) is 7.93. The van der Waals surface area contributed by atoms with Crippen molar-refractivity contribution < 1.29 is 24.2 Å². The molecule has 0 saturated carbocycles. The lowest BCUT2D eigenvalue weighted by Crippen LogP contribution is -2.19. The number of carbonyl (C=O) groups is 2. The summed E-state index contributed by atoms with van der Waals surface area (Å²) >= 11 is 13.2. The number of benzene rings is 2. The molecule has 2 aromatic carbocycles. The smallest absolute Gasteiger partial charge is 0.337 e. The van der Waals surface area contributed by atoms with E-state index in [2.05, 4.69) is 15.0 Å². The van der Waals surface area contributed by atoms with E-state index in [-0.39, 0.29) is 60.7 Å². The van der Waals surface area contributed by atoms with Gasteiger partial charge in [-0.05, 0) is 12.1 Å². The van der Waals surface area contributed by atoms with Crippen molar-refractivity contribution in [2.75, 3.05) is 14.2 Å². The molecule has 1 amide bonds. The molecule has 4 rings (SSSR count). The van der Waals surface area contributed by atoms with Gasteiger partial charge in [0, 0.05) is 28.8 Å². The third-order valence-electron chi connectivity index (χ3n) is 5.21. The zero-order valence-electron chi connectivity index (χ0n) is 18.2. The Balaban J connectivity index is 2.12. The monoisotopic (exact) mass is 514 g/mol. The maximum absolute atomic E-state index is 11.9. The Hall–Kier alpha value is -4.15. The zero-order chi connectivity index (χ0) is 25.4. The summed E-state index contributed by atoms with van der Waals surface area (Å²) < 4.78 is 10.7. The van der Waals surface area contributed by atoms with Crippen LogP contribution in [0.15, 0.2) is 41.3 Å². The quantitative estimate of drug-likeness (QED) is 0.350. The molecule has 0 aliphatic rings. The first-order valence-electron chi connectivity index (χ1n) is 9.84. The van der Waals surface area contributed by atoms with Crippen LogP contribution in [0, 0.1) is 0 Å². The number of methoxy groups -OCH3 is 2. The molecule has 0 bridgehead atoms. The molecule has 0 radical (unpaired) electrons. The number of aromatic carboxylic acids is 1. The first-order chi connectivity index (χ1) is 16.7. The summed E-state index contributed by atoms with van der Waals surface area (Å²) in [4.78, 5) is 46.8. The van der Waals surface area contributed by atoms with Gasteiger partial charge in [0.1, 0.15) is 22.7 Å². The number of aromatic nitrogens is 3. The Kier molecular flexibility index (Phi) is 6.33.